The van der Waals surface area contributed by atoms with Gasteiger partial charge in [-0.1, -0.05) is 90.1 Å². The van der Waals surface area contributed by atoms with Gasteiger partial charge in [-0.15, -0.1) is 51.4 Å². The molecule has 2 aliphatic heterocycles. The van der Waals surface area contributed by atoms with Crippen LogP contribution in [0.4, 0.5) is 4.79 Å². The summed E-state index contributed by atoms with van der Waals surface area (Å²) < 4.78 is 8.26. The molecule has 2 saturated carbocycles. The van der Waals surface area contributed by atoms with E-state index in [4.69, 9.17) is 4.79 Å². The summed E-state index contributed by atoms with van der Waals surface area (Å²) in [6, 6.07) is 22.6. The van der Waals surface area contributed by atoms with Crippen LogP contribution in [-0.2, 0) is 23.9 Å². The number of piperidine rings is 2. The number of amides is 3. The van der Waals surface area contributed by atoms with Gasteiger partial charge in [0, 0.05) is 30.7 Å². The molecule has 0 radical (unpaired) electrons. The standard InChI is InChI=1S/C22H16N4.C10H16N2O3.C9H16N2O.C2H4O2.2C2H6.4C2H2/c1-3-16(21-11-23-13-25-21)4-2-15(1)17-5-6-19-10-20(8-7-18(19)9-17)22-12-24-14-26-22;1-6-7-3-4-12(9(6)7)8(13)5-11-10(14)15-2;1-6-7-3-4-11(9(6)7)8(12)5-10-2;1-4-2-3;6*1-2/h1-14H,(H,23,25)(H,24,26);6-7,9H,3-5H2,1-2H3,(H,11,14);6-7,9-10H,3-5H2,1-2H3;2H,1H3;2*1-2H3;4*1-2H/t;2*6-,7?,9?;;;;;;;/m.11......./s1. The van der Waals surface area contributed by atoms with E-state index in [2.05, 4.69) is 166 Å². The van der Waals surface area contributed by atoms with E-state index in [1.807, 2.05) is 56.9 Å². The van der Waals surface area contributed by atoms with Crippen molar-refractivity contribution < 1.29 is 28.7 Å². The second-order valence-electron chi connectivity index (χ2n) is 14.8. The van der Waals surface area contributed by atoms with Crippen molar-refractivity contribution in [3.8, 4) is 85.0 Å². The predicted octanol–water partition coefficient (Wildman–Crippen LogP) is 8.41. The normalized spacial score (nSPS) is 18.4. The van der Waals surface area contributed by atoms with Crippen LogP contribution in [0.15, 0.2) is 85.7 Å². The Balaban J connectivity index is 0.000000923. The average Bonchev–Trinajstić information content (AvgIpc) is 3.95. The summed E-state index contributed by atoms with van der Waals surface area (Å²) in [5, 5.41) is 7.76. The summed E-state index contributed by atoms with van der Waals surface area (Å²) in [6.07, 6.45) is 40.9. The second kappa shape index (κ2) is 34.5. The van der Waals surface area contributed by atoms with E-state index in [-0.39, 0.29) is 18.4 Å². The number of ether oxygens (including phenoxy) is 2. The minimum atomic E-state index is -0.553. The van der Waals surface area contributed by atoms with Gasteiger partial charge in [-0.2, -0.15) is 0 Å². The van der Waals surface area contributed by atoms with E-state index in [1.54, 1.807) is 12.7 Å². The maximum Gasteiger partial charge on any atom is 0.407 e. The van der Waals surface area contributed by atoms with Crippen molar-refractivity contribution in [3.63, 3.8) is 0 Å². The second-order valence-corrected chi connectivity index (χ2v) is 14.8. The molecule has 9 rings (SSSR count). The summed E-state index contributed by atoms with van der Waals surface area (Å²) in [5.41, 5.74) is 6.76. The Kier molecular flexibility index (Phi) is 30.6. The van der Waals surface area contributed by atoms with Gasteiger partial charge in [0.25, 0.3) is 6.47 Å². The third-order valence-corrected chi connectivity index (χ3v) is 11.5. The summed E-state index contributed by atoms with van der Waals surface area (Å²) in [4.78, 5) is 61.3. The fourth-order valence-corrected chi connectivity index (χ4v) is 8.24. The number of hydrogen-bond donors (Lipinski definition) is 4. The van der Waals surface area contributed by atoms with Crippen molar-refractivity contribution in [2.24, 2.45) is 23.7 Å². The van der Waals surface area contributed by atoms with Crippen LogP contribution in [0, 0.1) is 75.1 Å². The van der Waals surface area contributed by atoms with Crippen LogP contribution in [0.3, 0.4) is 0 Å². The molecule has 0 bridgehead atoms. The molecule has 14 heteroatoms. The largest absolute Gasteiger partial charge is 0.471 e. The van der Waals surface area contributed by atoms with Crippen molar-refractivity contribution >= 4 is 35.2 Å². The summed E-state index contributed by atoms with van der Waals surface area (Å²) in [5.74, 6) is 3.20. The molecule has 5 aromatic rings. The lowest BCUT2D eigenvalue weighted by Gasteiger charge is -2.19. The molecule has 2 aromatic heterocycles. The average molecular weight is 941 g/mol. The van der Waals surface area contributed by atoms with Crippen LogP contribution in [-0.4, -0.2) is 114 Å². The number of likely N-dealkylation sites (tertiary alicyclic amines) is 2. The van der Waals surface area contributed by atoms with Gasteiger partial charge in [-0.3, -0.25) is 14.4 Å². The van der Waals surface area contributed by atoms with Crippen LogP contribution in [0.25, 0.3) is 44.4 Å². The van der Waals surface area contributed by atoms with Gasteiger partial charge >= 0.3 is 6.09 Å². The van der Waals surface area contributed by atoms with Gasteiger partial charge in [0.05, 0.1) is 57.2 Å². The number of hydrogen-bond acceptors (Lipinski definition) is 9. The van der Waals surface area contributed by atoms with Gasteiger partial charge in [-0.25, -0.2) is 14.8 Å². The van der Waals surface area contributed by atoms with Crippen LogP contribution < -0.4 is 10.6 Å². The number of aromatic nitrogens is 4. The maximum absolute atomic E-state index is 11.7. The molecule has 4 aliphatic rings. The first-order chi connectivity index (χ1) is 33.7. The molecule has 14 nitrogen and oxygen atoms in total. The smallest absolute Gasteiger partial charge is 0.407 e. The van der Waals surface area contributed by atoms with E-state index in [0.29, 0.717) is 36.9 Å². The lowest BCUT2D eigenvalue weighted by Crippen LogP contribution is -2.40. The van der Waals surface area contributed by atoms with Crippen LogP contribution in [0.1, 0.15) is 54.4 Å². The molecule has 2 saturated heterocycles. The summed E-state index contributed by atoms with van der Waals surface area (Å²) >= 11 is 0. The third-order valence-electron chi connectivity index (χ3n) is 11.5. The van der Waals surface area contributed by atoms with Crippen molar-refractivity contribution in [1.82, 2.24) is 40.4 Å². The molecule has 4 fully saturated rings. The molecule has 2 aliphatic carbocycles. The molecular formula is C55H72N8O6. The molecule has 4 unspecified atom stereocenters. The highest BCUT2D eigenvalue weighted by molar-refractivity contribution is 5.90. The first-order valence-corrected chi connectivity index (χ1v) is 22.7. The molecule has 368 valence electrons. The zero-order valence-corrected chi connectivity index (χ0v) is 41.7. The fourth-order valence-electron chi connectivity index (χ4n) is 8.24. The Labute approximate surface area is 411 Å². The predicted molar refractivity (Wildman–Crippen MR) is 280 cm³/mol. The van der Waals surface area contributed by atoms with Gasteiger partial charge in [0.2, 0.25) is 11.8 Å². The first-order valence-electron chi connectivity index (χ1n) is 22.7. The molecule has 3 aromatic carbocycles. The Morgan fingerprint density at radius 1 is 0.652 bits per heavy atom. The first kappa shape index (κ1) is 61.2. The van der Waals surface area contributed by atoms with Gasteiger partial charge in [0.1, 0.15) is 6.54 Å². The molecule has 6 atom stereocenters. The molecular weight excluding hydrogens is 869 g/mol. The number of terminal acetylenes is 4. The van der Waals surface area contributed by atoms with E-state index >= 15 is 0 Å². The zero-order chi connectivity index (χ0) is 52.5. The van der Waals surface area contributed by atoms with Gasteiger partial charge < -0.3 is 39.9 Å². The van der Waals surface area contributed by atoms with E-state index in [0.717, 1.165) is 53.9 Å². The minimum absolute atomic E-state index is 0.00255. The third kappa shape index (κ3) is 17.8. The molecule has 4 N–H and O–H groups in total. The van der Waals surface area contributed by atoms with Crippen LogP contribution in [0.2, 0.25) is 0 Å². The van der Waals surface area contributed by atoms with Crippen molar-refractivity contribution in [2.75, 3.05) is 47.4 Å². The maximum atomic E-state index is 11.7. The summed E-state index contributed by atoms with van der Waals surface area (Å²) in [7, 11) is 4.42. The molecule has 0 spiro atoms. The topological polar surface area (TPSA) is 175 Å². The monoisotopic (exact) mass is 941 g/mol. The van der Waals surface area contributed by atoms with E-state index in [9.17, 15) is 14.4 Å². The SMILES string of the molecule is C#C.C#C.C#C.C#C.CC.CC.CNCC(=O)N1CCC2C1[C@@H]2C.COC(=O)NCC(=O)N1CCC2C1[C@@H]2C.COC=O.c1ncc(-c2ccc(-c3ccc4cc(-c5cnc[nH]5)ccc4c3)cc2)[nH]1. The Bertz CT molecular complexity index is 2280. The molecule has 3 amide bonds. The molecule has 4 heterocycles. The zero-order valence-electron chi connectivity index (χ0n) is 41.7. The Morgan fingerprint density at radius 3 is 1.42 bits per heavy atom. The number of alkyl carbamates (subject to hydrolysis) is 1. The summed E-state index contributed by atoms with van der Waals surface area (Å²) in [6.45, 7) is 15.1. The van der Waals surface area contributed by atoms with Crippen molar-refractivity contribution in [1.29, 1.82) is 0 Å². The number of nitrogens with one attached hydrogen (secondary N) is 4. The highest BCUT2D eigenvalue weighted by atomic mass is 16.5. The number of likely N-dealkylation sites (N-methyl/N-ethyl adjacent to an activating group) is 1. The number of imidazole rings is 2. The number of fused-ring (bicyclic) bond motifs is 3. The van der Waals surface area contributed by atoms with E-state index in [1.165, 1.54) is 42.5 Å². The molecule has 69 heavy (non-hydrogen) atoms. The van der Waals surface area contributed by atoms with Crippen LogP contribution >= 0.6 is 0 Å². The fraction of sp³-hybridized carbons (Fsp3) is 0.382. The minimum Gasteiger partial charge on any atom is -0.471 e. The quantitative estimate of drug-likeness (QED) is 0.0880. The van der Waals surface area contributed by atoms with E-state index < -0.39 is 6.09 Å². The van der Waals surface area contributed by atoms with Gasteiger partial charge in [-0.05, 0) is 83.2 Å². The lowest BCUT2D eigenvalue weighted by atomic mass is 9.98. The number of methoxy groups -OCH3 is 2. The number of H-pyrrole nitrogens is 2. The van der Waals surface area contributed by atoms with Crippen LogP contribution in [0.5, 0.6) is 0 Å². The number of carbonyl (C=O) groups excluding carboxylic acids is 4. The number of aromatic amines is 2. The highest BCUT2D eigenvalue weighted by Crippen LogP contribution is 2.51. The number of nitrogens with zero attached hydrogens (tertiary/aromatic N) is 4. The lowest BCUT2D eigenvalue weighted by molar-refractivity contribution is -0.131. The number of carbonyl (C=O) groups is 4. The van der Waals surface area contributed by atoms with Gasteiger partial charge in [0.15, 0.2) is 0 Å². The highest BCUT2D eigenvalue weighted by Gasteiger charge is 2.56. The van der Waals surface area contributed by atoms with Crippen molar-refractivity contribution in [3.05, 3.63) is 85.7 Å². The van der Waals surface area contributed by atoms with Crippen molar-refractivity contribution in [2.45, 2.75) is 66.5 Å². The Morgan fingerprint density at radius 2 is 1.04 bits per heavy atom. The number of rotatable bonds is 8. The number of benzene rings is 3. The Hall–Kier alpha value is -7.78.